The van der Waals surface area contributed by atoms with Gasteiger partial charge in [0, 0.05) is 7.11 Å². The number of hydrogen-bond donors (Lipinski definition) is 5. The number of methoxy groups -OCH3 is 1. The van der Waals surface area contributed by atoms with Gasteiger partial charge < -0.3 is 35.0 Å². The minimum Gasteiger partial charge on any atom is -0.394 e. The highest BCUT2D eigenvalue weighted by atomic mass is 16.8. The molecule has 1 fully saturated rings. The van der Waals surface area contributed by atoms with E-state index >= 15 is 0 Å². The van der Waals surface area contributed by atoms with Crippen LogP contribution < -0.4 is 0 Å². The predicted molar refractivity (Wildman–Crippen MR) is 55.4 cm³/mol. The van der Waals surface area contributed by atoms with Gasteiger partial charge in [0.15, 0.2) is 6.10 Å². The second-order valence-corrected chi connectivity index (χ2v) is 3.10. The van der Waals surface area contributed by atoms with Crippen molar-refractivity contribution in [2.45, 2.75) is 45.2 Å². The molecule has 1 rings (SSSR count). The van der Waals surface area contributed by atoms with Crippen LogP contribution in [-0.4, -0.2) is 69.6 Å². The smallest absolute Gasteiger partial charge is 0.311 e. The molecule has 1 heterocycles. The second kappa shape index (κ2) is 6.45. The van der Waals surface area contributed by atoms with Crippen molar-refractivity contribution in [2.75, 3.05) is 13.7 Å². The molecular weight excluding hydrogens is 220 g/mol. The van der Waals surface area contributed by atoms with Gasteiger partial charge in [-0.05, 0) is 0 Å². The van der Waals surface area contributed by atoms with Crippen molar-refractivity contribution in [1.82, 2.24) is 0 Å². The Balaban J connectivity index is 0. The maximum absolute atomic E-state index is 9.46. The standard InChI is InChI=1S/C7H14O7.2CH4/c1-13-7(12)6(11)5(10)4(9)3(2-8)14-7;;/h3-6,8-12H,2H2,1H3;2*1H4. The van der Waals surface area contributed by atoms with E-state index < -0.39 is 37.0 Å². The molecule has 0 spiro atoms. The number of aliphatic hydroxyl groups excluding tert-OH is 4. The lowest BCUT2D eigenvalue weighted by Gasteiger charge is -2.43. The molecule has 1 aliphatic rings. The fourth-order valence-corrected chi connectivity index (χ4v) is 1.29. The van der Waals surface area contributed by atoms with Crippen LogP contribution in [0.15, 0.2) is 0 Å². The lowest BCUT2D eigenvalue weighted by molar-refractivity contribution is -0.442. The van der Waals surface area contributed by atoms with E-state index in [2.05, 4.69) is 4.74 Å². The van der Waals surface area contributed by atoms with Crippen LogP contribution >= 0.6 is 0 Å². The van der Waals surface area contributed by atoms with E-state index in [0.29, 0.717) is 0 Å². The third-order valence-corrected chi connectivity index (χ3v) is 2.22. The largest absolute Gasteiger partial charge is 0.394 e. The Morgan fingerprint density at radius 2 is 1.69 bits per heavy atom. The summed E-state index contributed by atoms with van der Waals surface area (Å²) in [6.45, 7) is -0.614. The highest BCUT2D eigenvalue weighted by Crippen LogP contribution is 2.28. The first-order valence-corrected chi connectivity index (χ1v) is 4.06. The molecular formula is C9H22O7. The van der Waals surface area contributed by atoms with E-state index in [1.807, 2.05) is 0 Å². The average molecular weight is 242 g/mol. The Hall–Kier alpha value is -0.280. The fourth-order valence-electron chi connectivity index (χ4n) is 1.29. The second-order valence-electron chi connectivity index (χ2n) is 3.10. The molecule has 1 saturated heterocycles. The summed E-state index contributed by atoms with van der Waals surface area (Å²) in [5.41, 5.74) is 0. The third kappa shape index (κ3) is 2.89. The maximum Gasteiger partial charge on any atom is 0.311 e. The van der Waals surface area contributed by atoms with Gasteiger partial charge >= 0.3 is 5.97 Å². The number of ether oxygens (including phenoxy) is 2. The molecule has 5 atom stereocenters. The van der Waals surface area contributed by atoms with Crippen LogP contribution in [0.1, 0.15) is 14.9 Å². The summed E-state index contributed by atoms with van der Waals surface area (Å²) in [5, 5.41) is 46.1. The molecule has 0 aromatic rings. The van der Waals surface area contributed by atoms with E-state index in [9.17, 15) is 20.4 Å². The SMILES string of the molecule is C.C.COC1(O)OC(CO)C(O)C(O)C1O. The minimum atomic E-state index is -2.41. The maximum atomic E-state index is 9.46. The lowest BCUT2D eigenvalue weighted by Crippen LogP contribution is -2.65. The molecule has 1 aliphatic heterocycles. The van der Waals surface area contributed by atoms with E-state index in [1.165, 1.54) is 0 Å². The van der Waals surface area contributed by atoms with Crippen LogP contribution in [0.4, 0.5) is 0 Å². The van der Waals surface area contributed by atoms with Crippen molar-refractivity contribution in [2.24, 2.45) is 0 Å². The zero-order chi connectivity index (χ0) is 10.9. The van der Waals surface area contributed by atoms with Gasteiger partial charge in [-0.2, -0.15) is 0 Å². The van der Waals surface area contributed by atoms with E-state index in [0.717, 1.165) is 7.11 Å². The topological polar surface area (TPSA) is 120 Å². The summed E-state index contributed by atoms with van der Waals surface area (Å²) < 4.78 is 9.13. The zero-order valence-electron chi connectivity index (χ0n) is 7.57. The van der Waals surface area contributed by atoms with Crippen molar-refractivity contribution in [3.8, 4) is 0 Å². The molecule has 5 N–H and O–H groups in total. The van der Waals surface area contributed by atoms with Gasteiger partial charge in [-0.3, -0.25) is 0 Å². The molecule has 0 bridgehead atoms. The van der Waals surface area contributed by atoms with Crippen molar-refractivity contribution in [3.05, 3.63) is 0 Å². The van der Waals surface area contributed by atoms with Gasteiger partial charge in [-0.25, -0.2) is 0 Å². The van der Waals surface area contributed by atoms with Crippen molar-refractivity contribution < 1.29 is 35.0 Å². The molecule has 7 nitrogen and oxygen atoms in total. The fraction of sp³-hybridized carbons (Fsp3) is 1.00. The van der Waals surface area contributed by atoms with Crippen LogP contribution in [0.2, 0.25) is 0 Å². The molecule has 0 aromatic carbocycles. The van der Waals surface area contributed by atoms with Crippen LogP contribution in [0, 0.1) is 0 Å². The molecule has 16 heavy (non-hydrogen) atoms. The van der Waals surface area contributed by atoms with Gasteiger partial charge in [-0.1, -0.05) is 14.9 Å². The van der Waals surface area contributed by atoms with Gasteiger partial charge in [0.2, 0.25) is 0 Å². The monoisotopic (exact) mass is 242 g/mol. The predicted octanol–water partition coefficient (Wildman–Crippen LogP) is -1.98. The zero-order valence-corrected chi connectivity index (χ0v) is 7.57. The Morgan fingerprint density at radius 1 is 1.19 bits per heavy atom. The molecule has 0 aliphatic carbocycles. The molecule has 5 unspecified atom stereocenters. The first kappa shape index (κ1) is 18.1. The summed E-state index contributed by atoms with van der Waals surface area (Å²) in [6, 6.07) is 0. The first-order chi connectivity index (χ1) is 6.46. The summed E-state index contributed by atoms with van der Waals surface area (Å²) in [6.07, 6.45) is -6.14. The molecule has 0 radical (unpaired) electrons. The van der Waals surface area contributed by atoms with Gasteiger partial charge in [0.1, 0.15) is 18.3 Å². The minimum absolute atomic E-state index is 0. The normalized spacial score (nSPS) is 43.1. The Bertz CT molecular complexity index is 198. The van der Waals surface area contributed by atoms with Crippen LogP contribution in [-0.2, 0) is 9.47 Å². The Morgan fingerprint density at radius 3 is 2.06 bits per heavy atom. The highest BCUT2D eigenvalue weighted by molar-refractivity contribution is 4.91. The number of hydrogen-bond acceptors (Lipinski definition) is 7. The van der Waals surface area contributed by atoms with E-state index in [4.69, 9.17) is 9.84 Å². The van der Waals surface area contributed by atoms with Crippen LogP contribution in [0.5, 0.6) is 0 Å². The molecule has 100 valence electrons. The van der Waals surface area contributed by atoms with Crippen molar-refractivity contribution in [1.29, 1.82) is 0 Å². The molecule has 0 saturated carbocycles. The summed E-state index contributed by atoms with van der Waals surface area (Å²) in [7, 11) is 1.06. The number of aliphatic hydroxyl groups is 5. The summed E-state index contributed by atoms with van der Waals surface area (Å²) in [4.78, 5) is 0. The Labute approximate surface area is 94.9 Å². The van der Waals surface area contributed by atoms with E-state index in [1.54, 1.807) is 0 Å². The van der Waals surface area contributed by atoms with Crippen LogP contribution in [0.25, 0.3) is 0 Å². The average Bonchev–Trinajstić information content (AvgIpc) is 2.20. The van der Waals surface area contributed by atoms with Gasteiger partial charge in [-0.15, -0.1) is 0 Å². The van der Waals surface area contributed by atoms with Gasteiger partial charge in [0.25, 0.3) is 0 Å². The first-order valence-electron chi connectivity index (χ1n) is 4.06. The molecule has 7 heteroatoms. The Kier molecular flexibility index (Phi) is 7.30. The number of rotatable bonds is 2. The quantitative estimate of drug-likeness (QED) is 0.356. The summed E-state index contributed by atoms with van der Waals surface area (Å²) >= 11 is 0. The lowest BCUT2D eigenvalue weighted by atomic mass is 9.98. The van der Waals surface area contributed by atoms with Crippen LogP contribution in [0.3, 0.4) is 0 Å². The van der Waals surface area contributed by atoms with Crippen molar-refractivity contribution in [3.63, 3.8) is 0 Å². The summed E-state index contributed by atoms with van der Waals surface area (Å²) in [5.74, 6) is -2.41. The molecule has 0 aromatic heterocycles. The van der Waals surface area contributed by atoms with Crippen molar-refractivity contribution >= 4 is 0 Å². The highest BCUT2D eigenvalue weighted by Gasteiger charge is 2.53. The van der Waals surface area contributed by atoms with Gasteiger partial charge in [0.05, 0.1) is 6.61 Å². The third-order valence-electron chi connectivity index (χ3n) is 2.22. The van der Waals surface area contributed by atoms with E-state index in [-0.39, 0.29) is 14.9 Å². The molecule has 0 amide bonds.